The van der Waals surface area contributed by atoms with Crippen LogP contribution in [0.5, 0.6) is 0 Å². The van der Waals surface area contributed by atoms with E-state index in [0.717, 1.165) is 8.58 Å². The quantitative estimate of drug-likeness (QED) is 0.351. The molecule has 1 atom stereocenters. The fourth-order valence-corrected chi connectivity index (χ4v) is 5.99. The summed E-state index contributed by atoms with van der Waals surface area (Å²) in [5.74, 6) is 0. The molecule has 27 heavy (non-hydrogen) atoms. The molecule has 1 heteroatoms. The molecule has 0 bridgehead atoms. The average molecular weight is 391 g/mol. The second-order valence-electron chi connectivity index (χ2n) is 10.7. The van der Waals surface area contributed by atoms with Gasteiger partial charge in [-0.1, -0.05) is 121 Å². The molecule has 1 rings (SSSR count). The summed E-state index contributed by atoms with van der Waals surface area (Å²) in [4.78, 5) is 0. The van der Waals surface area contributed by atoms with E-state index in [9.17, 15) is 0 Å². The molecule has 1 unspecified atom stereocenters. The molecular weight excluding hydrogens is 343 g/mol. The third-order valence-corrected chi connectivity index (χ3v) is 7.68. The summed E-state index contributed by atoms with van der Waals surface area (Å²) in [7, 11) is 0.943. The lowest BCUT2D eigenvalue weighted by atomic mass is 9.81. The van der Waals surface area contributed by atoms with Gasteiger partial charge in [0.05, 0.1) is 0 Å². The molecule has 0 amide bonds. The van der Waals surface area contributed by atoms with Crippen molar-refractivity contribution in [2.45, 2.75) is 130 Å². The monoisotopic (exact) mass is 390 g/mol. The van der Waals surface area contributed by atoms with Gasteiger partial charge in [0.15, 0.2) is 0 Å². The Kier molecular flexibility index (Phi) is 9.54. The van der Waals surface area contributed by atoms with Crippen molar-refractivity contribution in [1.29, 1.82) is 0 Å². The Morgan fingerprint density at radius 2 is 1.07 bits per heavy atom. The summed E-state index contributed by atoms with van der Waals surface area (Å²) >= 11 is 0. The van der Waals surface area contributed by atoms with Gasteiger partial charge in [0.25, 0.3) is 0 Å². The van der Waals surface area contributed by atoms with Crippen molar-refractivity contribution < 1.29 is 0 Å². The first kappa shape index (κ1) is 24.7. The lowest BCUT2D eigenvalue weighted by molar-refractivity contribution is 0.431. The van der Waals surface area contributed by atoms with E-state index in [1.165, 1.54) is 62.5 Å². The minimum atomic E-state index is 0.209. The number of rotatable bonds is 10. The van der Waals surface area contributed by atoms with E-state index in [1.54, 1.807) is 5.30 Å². The van der Waals surface area contributed by atoms with Crippen LogP contribution in [-0.2, 0) is 10.8 Å². The summed E-state index contributed by atoms with van der Waals surface area (Å²) in [6.07, 6.45) is 10.9. The van der Waals surface area contributed by atoms with E-state index in [2.05, 4.69) is 80.5 Å². The lowest BCUT2D eigenvalue weighted by Crippen LogP contribution is -2.27. The zero-order valence-corrected chi connectivity index (χ0v) is 20.9. The maximum atomic E-state index is 2.54. The van der Waals surface area contributed by atoms with Gasteiger partial charge < -0.3 is 0 Å². The van der Waals surface area contributed by atoms with E-state index in [4.69, 9.17) is 0 Å². The Bertz CT molecular complexity index is 516. The van der Waals surface area contributed by atoms with Crippen LogP contribution in [0.15, 0.2) is 18.2 Å². The first-order chi connectivity index (χ1) is 12.5. The van der Waals surface area contributed by atoms with Gasteiger partial charge in [0, 0.05) is 0 Å². The van der Waals surface area contributed by atoms with Crippen LogP contribution in [0, 0.1) is 0 Å². The van der Waals surface area contributed by atoms with Gasteiger partial charge >= 0.3 is 0 Å². The first-order valence-electron chi connectivity index (χ1n) is 11.4. The fourth-order valence-electron chi connectivity index (χ4n) is 3.94. The summed E-state index contributed by atoms with van der Waals surface area (Å²) in [6, 6.07) is 7.54. The number of hydrogen-bond acceptors (Lipinski definition) is 0. The minimum absolute atomic E-state index is 0.209. The molecule has 0 aliphatic carbocycles. The van der Waals surface area contributed by atoms with E-state index < -0.39 is 0 Å². The molecule has 0 aliphatic heterocycles. The summed E-state index contributed by atoms with van der Waals surface area (Å²) in [6.45, 7) is 21.2. The van der Waals surface area contributed by atoms with E-state index in [0.29, 0.717) is 5.16 Å². The van der Waals surface area contributed by atoms with Gasteiger partial charge in [0.2, 0.25) is 0 Å². The fraction of sp³-hybridized carbons (Fsp3) is 0.769. The molecule has 0 nitrogen and oxygen atoms in total. The van der Waals surface area contributed by atoms with Crippen LogP contribution in [0.25, 0.3) is 0 Å². The Hall–Kier alpha value is -0.350. The zero-order valence-electron chi connectivity index (χ0n) is 19.9. The van der Waals surface area contributed by atoms with Gasteiger partial charge in [-0.2, -0.15) is 0 Å². The SMILES string of the molecule is CCCCC(CCC)(CCCC)Pc1cc(C(C)(C)C)cc(C(C)(C)C)c1. The molecule has 0 aromatic heterocycles. The highest BCUT2D eigenvalue weighted by Gasteiger charge is 2.30. The lowest BCUT2D eigenvalue weighted by Gasteiger charge is -2.36. The van der Waals surface area contributed by atoms with Crippen LogP contribution in [0.3, 0.4) is 0 Å². The maximum Gasteiger partial charge on any atom is -0.00817 e. The Morgan fingerprint density at radius 1 is 0.630 bits per heavy atom. The zero-order chi connectivity index (χ0) is 20.7. The summed E-state index contributed by atoms with van der Waals surface area (Å²) in [5.41, 5.74) is 3.43. The summed E-state index contributed by atoms with van der Waals surface area (Å²) < 4.78 is 0. The molecule has 1 aromatic rings. The standard InChI is InChI=1S/C26H47P/c1-10-13-16-26(15-12-3,17-14-11-2)27-23-19-21(24(4,5)6)18-22(20-23)25(7,8)9/h18-20,27H,10-17H2,1-9H3. The van der Waals surface area contributed by atoms with E-state index in [-0.39, 0.29) is 10.8 Å². The Morgan fingerprint density at radius 3 is 1.41 bits per heavy atom. The summed E-state index contributed by atoms with van der Waals surface area (Å²) in [5, 5.41) is 2.12. The highest BCUT2D eigenvalue weighted by Crippen LogP contribution is 2.45. The van der Waals surface area contributed by atoms with Gasteiger partial charge in [-0.25, -0.2) is 0 Å². The van der Waals surface area contributed by atoms with Crippen LogP contribution in [0.2, 0.25) is 0 Å². The Labute approximate surface area is 173 Å². The molecule has 0 spiro atoms. The minimum Gasteiger partial charge on any atom is -0.0840 e. The molecule has 0 N–H and O–H groups in total. The van der Waals surface area contributed by atoms with Crippen LogP contribution >= 0.6 is 8.58 Å². The van der Waals surface area contributed by atoms with Crippen LogP contribution in [0.1, 0.15) is 125 Å². The molecule has 0 heterocycles. The van der Waals surface area contributed by atoms with Crippen molar-refractivity contribution in [2.24, 2.45) is 0 Å². The number of benzene rings is 1. The van der Waals surface area contributed by atoms with Crippen LogP contribution in [-0.4, -0.2) is 5.16 Å². The second-order valence-corrected chi connectivity index (χ2v) is 12.5. The van der Waals surface area contributed by atoms with Gasteiger partial charge in [0.1, 0.15) is 0 Å². The van der Waals surface area contributed by atoms with Crippen molar-refractivity contribution in [3.8, 4) is 0 Å². The molecule has 0 saturated carbocycles. The van der Waals surface area contributed by atoms with Crippen LogP contribution in [0.4, 0.5) is 0 Å². The first-order valence-corrected chi connectivity index (χ1v) is 12.4. The normalized spacial score (nSPS) is 13.7. The van der Waals surface area contributed by atoms with Gasteiger partial charge in [-0.3, -0.25) is 0 Å². The third kappa shape index (κ3) is 7.89. The highest BCUT2D eigenvalue weighted by molar-refractivity contribution is 7.49. The van der Waals surface area contributed by atoms with Crippen molar-refractivity contribution >= 4 is 13.9 Å². The molecular formula is C26H47P. The van der Waals surface area contributed by atoms with Gasteiger partial charge in [-0.15, -0.1) is 0 Å². The van der Waals surface area contributed by atoms with Crippen molar-refractivity contribution in [3.63, 3.8) is 0 Å². The average Bonchev–Trinajstić information content (AvgIpc) is 2.56. The van der Waals surface area contributed by atoms with Crippen molar-refractivity contribution in [3.05, 3.63) is 29.3 Å². The van der Waals surface area contributed by atoms with E-state index in [1.807, 2.05) is 0 Å². The molecule has 0 aliphatic rings. The molecule has 0 fully saturated rings. The third-order valence-electron chi connectivity index (χ3n) is 5.82. The number of unbranched alkanes of at least 4 members (excludes halogenated alkanes) is 2. The molecule has 0 radical (unpaired) electrons. The maximum absolute atomic E-state index is 2.54. The smallest absolute Gasteiger partial charge is 0.00817 e. The number of hydrogen-bond donors (Lipinski definition) is 0. The molecule has 0 saturated heterocycles. The topological polar surface area (TPSA) is 0 Å². The van der Waals surface area contributed by atoms with Crippen LogP contribution < -0.4 is 5.30 Å². The molecule has 156 valence electrons. The molecule has 1 aromatic carbocycles. The second kappa shape index (κ2) is 10.4. The Balaban J connectivity index is 3.36. The predicted molar refractivity (Wildman–Crippen MR) is 128 cm³/mol. The van der Waals surface area contributed by atoms with Crippen molar-refractivity contribution in [2.75, 3.05) is 0 Å². The predicted octanol–water partition coefficient (Wildman–Crippen LogP) is 8.50. The van der Waals surface area contributed by atoms with Crippen molar-refractivity contribution in [1.82, 2.24) is 0 Å². The largest absolute Gasteiger partial charge is 0.0840 e. The highest BCUT2D eigenvalue weighted by atomic mass is 31.1. The van der Waals surface area contributed by atoms with Gasteiger partial charge in [-0.05, 0) is 51.7 Å². The van der Waals surface area contributed by atoms with E-state index >= 15 is 0 Å².